The maximum Gasteiger partial charge on any atom is 0.164 e. The summed E-state index contributed by atoms with van der Waals surface area (Å²) in [5, 5.41) is 0. The topological polar surface area (TPSA) is 18.5 Å². The van der Waals surface area contributed by atoms with Crippen molar-refractivity contribution in [1.29, 1.82) is 0 Å². The van der Waals surface area contributed by atoms with Crippen LogP contribution in [0.5, 0.6) is 0 Å². The molecule has 0 unspecified atom stereocenters. The molecule has 0 aromatic carbocycles. The third-order valence-electron chi connectivity index (χ3n) is 3.09. The highest BCUT2D eigenvalue weighted by molar-refractivity contribution is 9.11. The molecule has 1 heterocycles. The van der Waals surface area contributed by atoms with Crippen LogP contribution in [0.1, 0.15) is 20.3 Å². The minimum atomic E-state index is -0.403. The minimum absolute atomic E-state index is 0.152. The first kappa shape index (κ1) is 8.45. The molecular weight excluding hydrogens is 232 g/mol. The zero-order chi connectivity index (χ0) is 9.22. The molecule has 72 valence electrons. The number of allylic oxidation sites excluding steroid dienone is 1. The molecule has 1 saturated carbocycles. The molecule has 1 saturated heterocycles. The van der Waals surface area contributed by atoms with Crippen molar-refractivity contribution < 1.29 is 9.47 Å². The fourth-order valence-electron chi connectivity index (χ4n) is 2.42. The quantitative estimate of drug-likeness (QED) is 0.652. The van der Waals surface area contributed by atoms with Crippen molar-refractivity contribution in [1.82, 2.24) is 0 Å². The molecule has 0 N–H and O–H groups in total. The molecule has 4 atom stereocenters. The molecule has 0 spiro atoms. The van der Waals surface area contributed by atoms with Crippen molar-refractivity contribution in [2.45, 2.75) is 38.3 Å². The average molecular weight is 245 g/mol. The second-order valence-corrected chi connectivity index (χ2v) is 5.55. The number of rotatable bonds is 0. The number of halogens is 1. The molecule has 2 fully saturated rings. The van der Waals surface area contributed by atoms with Crippen LogP contribution in [0.4, 0.5) is 0 Å². The zero-order valence-corrected chi connectivity index (χ0v) is 9.37. The summed E-state index contributed by atoms with van der Waals surface area (Å²) in [6.07, 6.45) is 4.00. The fourth-order valence-corrected chi connectivity index (χ4v) is 3.11. The summed E-state index contributed by atoms with van der Waals surface area (Å²) < 4.78 is 12.9. The number of ether oxygens (including phenoxy) is 2. The van der Waals surface area contributed by atoms with Crippen molar-refractivity contribution >= 4 is 15.9 Å². The van der Waals surface area contributed by atoms with Gasteiger partial charge in [-0.1, -0.05) is 22.0 Å². The van der Waals surface area contributed by atoms with Gasteiger partial charge in [-0.15, -0.1) is 0 Å². The van der Waals surface area contributed by atoms with Gasteiger partial charge < -0.3 is 9.47 Å². The van der Waals surface area contributed by atoms with Crippen LogP contribution < -0.4 is 0 Å². The van der Waals surface area contributed by atoms with E-state index >= 15 is 0 Å². The van der Waals surface area contributed by atoms with E-state index in [-0.39, 0.29) is 6.10 Å². The van der Waals surface area contributed by atoms with Crippen LogP contribution in [-0.2, 0) is 9.47 Å². The highest BCUT2D eigenvalue weighted by Crippen LogP contribution is 2.54. The standard InChI is InChI=1S/C10H13BrO2/c1-10(2)12-8-6-3-5(6)4-7(11)9(8)13-10/h4-6,8-9H,3H2,1-2H3/t5-,6-,8-,9+/m0/s1. The Labute approximate surface area is 86.4 Å². The lowest BCUT2D eigenvalue weighted by atomic mass is 10.0. The van der Waals surface area contributed by atoms with Gasteiger partial charge in [-0.3, -0.25) is 0 Å². The maximum absolute atomic E-state index is 5.88. The number of hydrogen-bond donors (Lipinski definition) is 0. The van der Waals surface area contributed by atoms with Crippen molar-refractivity contribution in [3.05, 3.63) is 10.6 Å². The first-order valence-corrected chi connectivity index (χ1v) is 5.59. The van der Waals surface area contributed by atoms with Crippen LogP contribution in [0.25, 0.3) is 0 Å². The van der Waals surface area contributed by atoms with E-state index in [1.165, 1.54) is 10.9 Å². The SMILES string of the molecule is CC1(C)O[C@H]2[C@H]3C[C@H]3C=C(Br)[C@H]2O1. The molecule has 13 heavy (non-hydrogen) atoms. The molecule has 1 aliphatic heterocycles. The van der Waals surface area contributed by atoms with Gasteiger partial charge in [-0.25, -0.2) is 0 Å². The molecular formula is C10H13BrO2. The predicted molar refractivity (Wildman–Crippen MR) is 52.4 cm³/mol. The van der Waals surface area contributed by atoms with E-state index in [9.17, 15) is 0 Å². The Balaban J connectivity index is 1.93. The smallest absolute Gasteiger partial charge is 0.164 e. The van der Waals surface area contributed by atoms with E-state index in [1.54, 1.807) is 0 Å². The molecule has 3 rings (SSSR count). The van der Waals surface area contributed by atoms with Gasteiger partial charge in [0.25, 0.3) is 0 Å². The molecule has 0 bridgehead atoms. The van der Waals surface area contributed by atoms with E-state index in [0.717, 1.165) is 5.92 Å². The van der Waals surface area contributed by atoms with Crippen molar-refractivity contribution in [3.8, 4) is 0 Å². The summed E-state index contributed by atoms with van der Waals surface area (Å²) >= 11 is 3.57. The van der Waals surface area contributed by atoms with Crippen LogP contribution in [0.2, 0.25) is 0 Å². The number of hydrogen-bond acceptors (Lipinski definition) is 2. The Morgan fingerprint density at radius 3 is 3.00 bits per heavy atom. The Morgan fingerprint density at radius 1 is 1.46 bits per heavy atom. The summed E-state index contributed by atoms with van der Waals surface area (Å²) in [5.74, 6) is 1.06. The van der Waals surface area contributed by atoms with Gasteiger partial charge in [-0.05, 0) is 32.1 Å². The van der Waals surface area contributed by atoms with Crippen LogP contribution in [0.15, 0.2) is 10.6 Å². The second-order valence-electron chi connectivity index (χ2n) is 4.64. The first-order chi connectivity index (χ1) is 6.07. The molecule has 0 amide bonds. The van der Waals surface area contributed by atoms with Crippen molar-refractivity contribution in [3.63, 3.8) is 0 Å². The van der Waals surface area contributed by atoms with Gasteiger partial charge >= 0.3 is 0 Å². The minimum Gasteiger partial charge on any atom is -0.344 e. The van der Waals surface area contributed by atoms with Gasteiger partial charge in [-0.2, -0.15) is 0 Å². The molecule has 3 aliphatic rings. The monoisotopic (exact) mass is 244 g/mol. The summed E-state index contributed by atoms with van der Waals surface area (Å²) in [7, 11) is 0. The largest absolute Gasteiger partial charge is 0.344 e. The molecule has 0 aromatic rings. The highest BCUT2D eigenvalue weighted by Gasteiger charge is 2.56. The van der Waals surface area contributed by atoms with Crippen LogP contribution in [-0.4, -0.2) is 18.0 Å². The van der Waals surface area contributed by atoms with Crippen LogP contribution >= 0.6 is 15.9 Å². The molecule has 0 radical (unpaired) electrons. The predicted octanol–water partition coefficient (Wildman–Crippen LogP) is 2.44. The Hall–Kier alpha value is 0.140. The van der Waals surface area contributed by atoms with Crippen molar-refractivity contribution in [2.75, 3.05) is 0 Å². The first-order valence-electron chi connectivity index (χ1n) is 4.80. The van der Waals surface area contributed by atoms with E-state index in [4.69, 9.17) is 9.47 Å². The third-order valence-corrected chi connectivity index (χ3v) is 3.80. The Morgan fingerprint density at radius 2 is 2.23 bits per heavy atom. The van der Waals surface area contributed by atoms with Gasteiger partial charge in [0, 0.05) is 4.48 Å². The molecule has 2 aliphatic carbocycles. The Bertz CT molecular complexity index is 285. The van der Waals surface area contributed by atoms with Crippen LogP contribution in [0.3, 0.4) is 0 Å². The lowest BCUT2D eigenvalue weighted by Gasteiger charge is -2.19. The summed E-state index contributed by atoms with van der Waals surface area (Å²) in [4.78, 5) is 0. The molecule has 0 aromatic heterocycles. The van der Waals surface area contributed by atoms with Gasteiger partial charge in [0.15, 0.2) is 5.79 Å². The van der Waals surface area contributed by atoms with Gasteiger partial charge in [0.1, 0.15) is 6.10 Å². The third kappa shape index (κ3) is 1.21. The Kier molecular flexibility index (Phi) is 1.55. The van der Waals surface area contributed by atoms with Gasteiger partial charge in [0.05, 0.1) is 6.10 Å². The molecule has 3 heteroatoms. The second kappa shape index (κ2) is 2.38. The lowest BCUT2D eigenvalue weighted by Crippen LogP contribution is -2.28. The fraction of sp³-hybridized carbons (Fsp3) is 0.800. The zero-order valence-electron chi connectivity index (χ0n) is 7.79. The van der Waals surface area contributed by atoms with E-state index < -0.39 is 5.79 Å². The maximum atomic E-state index is 5.88. The average Bonchev–Trinajstić information content (AvgIpc) is 2.68. The van der Waals surface area contributed by atoms with Crippen molar-refractivity contribution in [2.24, 2.45) is 11.8 Å². The molecule has 2 nitrogen and oxygen atoms in total. The van der Waals surface area contributed by atoms with E-state index in [1.807, 2.05) is 13.8 Å². The van der Waals surface area contributed by atoms with E-state index in [0.29, 0.717) is 12.0 Å². The van der Waals surface area contributed by atoms with Gasteiger partial charge in [0.2, 0.25) is 0 Å². The highest BCUT2D eigenvalue weighted by atomic mass is 79.9. The number of fused-ring (bicyclic) bond motifs is 3. The van der Waals surface area contributed by atoms with E-state index in [2.05, 4.69) is 22.0 Å². The lowest BCUT2D eigenvalue weighted by molar-refractivity contribution is -0.144. The summed E-state index contributed by atoms with van der Waals surface area (Å²) in [5.41, 5.74) is 0. The summed E-state index contributed by atoms with van der Waals surface area (Å²) in [6, 6.07) is 0. The summed E-state index contributed by atoms with van der Waals surface area (Å²) in [6.45, 7) is 3.98. The van der Waals surface area contributed by atoms with Crippen LogP contribution in [0, 0.1) is 11.8 Å². The normalized spacial score (nSPS) is 50.8.